The van der Waals surface area contributed by atoms with Crippen molar-refractivity contribution in [1.29, 1.82) is 0 Å². The van der Waals surface area contributed by atoms with Crippen molar-refractivity contribution in [2.45, 2.75) is 18.4 Å². The van der Waals surface area contributed by atoms with Gasteiger partial charge in [0.05, 0.1) is 6.54 Å². The highest BCUT2D eigenvalue weighted by Crippen LogP contribution is 2.34. The van der Waals surface area contributed by atoms with Crippen molar-refractivity contribution in [2.75, 3.05) is 6.26 Å². The molecule has 5 aromatic rings. The van der Waals surface area contributed by atoms with Gasteiger partial charge in [-0.3, -0.25) is 0 Å². The van der Waals surface area contributed by atoms with E-state index in [9.17, 15) is 22.0 Å². The normalized spacial score (nSPS) is 12.3. The van der Waals surface area contributed by atoms with Crippen LogP contribution in [0, 0.1) is 24.4 Å². The molecule has 0 aliphatic carbocycles. The van der Waals surface area contributed by atoms with Crippen LogP contribution in [-0.4, -0.2) is 24.2 Å². The largest absolute Gasteiger partial charge is 0.402 e. The van der Waals surface area contributed by atoms with Crippen LogP contribution in [0.15, 0.2) is 56.7 Å². The minimum atomic E-state index is -4.18. The van der Waals surface area contributed by atoms with E-state index in [1.165, 1.54) is 10.8 Å². The topological polar surface area (TPSA) is 82.2 Å². The molecule has 168 valence electrons. The van der Waals surface area contributed by atoms with Crippen molar-refractivity contribution in [1.82, 2.24) is 9.55 Å². The monoisotopic (exact) mass is 472 g/mol. The van der Waals surface area contributed by atoms with E-state index in [0.29, 0.717) is 34.0 Å². The van der Waals surface area contributed by atoms with E-state index in [0.717, 1.165) is 5.56 Å². The molecule has 0 fully saturated rings. The number of aryl methyl sites for hydroxylation is 1. The van der Waals surface area contributed by atoms with Crippen molar-refractivity contribution in [3.05, 3.63) is 81.6 Å². The van der Waals surface area contributed by atoms with Gasteiger partial charge in [-0.25, -0.2) is 31.4 Å². The third-order valence-corrected chi connectivity index (χ3v) is 6.67. The summed E-state index contributed by atoms with van der Waals surface area (Å²) in [5.74, 6) is -4.45. The molecule has 3 heterocycles. The van der Waals surface area contributed by atoms with Crippen molar-refractivity contribution in [3.8, 4) is 0 Å². The number of aromatic nitrogens is 2. The summed E-state index contributed by atoms with van der Waals surface area (Å²) in [6.45, 7) is 1.20. The smallest absolute Gasteiger partial charge is 0.362 e. The van der Waals surface area contributed by atoms with Crippen LogP contribution < -0.4 is 5.63 Å². The molecule has 2 aromatic carbocycles. The van der Waals surface area contributed by atoms with Crippen LogP contribution in [0.2, 0.25) is 0 Å². The molecule has 0 unspecified atom stereocenters. The number of pyridine rings is 1. The van der Waals surface area contributed by atoms with Crippen LogP contribution in [0.3, 0.4) is 0 Å². The van der Waals surface area contributed by atoms with Gasteiger partial charge in [-0.15, -0.1) is 0 Å². The van der Waals surface area contributed by atoms with Gasteiger partial charge in [-0.2, -0.15) is 0 Å². The molecule has 0 aliphatic heterocycles. The molecule has 3 aromatic heterocycles. The molecule has 0 spiro atoms. The van der Waals surface area contributed by atoms with Gasteiger partial charge in [0.1, 0.15) is 16.2 Å². The number of fused-ring (bicyclic) bond motifs is 5. The Bertz CT molecular complexity index is 1790. The molecular weight excluding hydrogens is 457 g/mol. The number of rotatable bonds is 3. The lowest BCUT2D eigenvalue weighted by atomic mass is 10.1. The van der Waals surface area contributed by atoms with E-state index in [-0.39, 0.29) is 11.2 Å². The van der Waals surface area contributed by atoms with Crippen LogP contribution in [-0.2, 0) is 16.4 Å². The second-order valence-electron chi connectivity index (χ2n) is 7.81. The van der Waals surface area contributed by atoms with E-state index in [1.54, 1.807) is 30.3 Å². The molecule has 0 aliphatic rings. The van der Waals surface area contributed by atoms with Crippen LogP contribution >= 0.6 is 0 Å². The van der Waals surface area contributed by atoms with Crippen LogP contribution in [0.5, 0.6) is 0 Å². The maximum atomic E-state index is 15.1. The van der Waals surface area contributed by atoms with Gasteiger partial charge in [-0.1, -0.05) is 11.6 Å². The standard InChI is InChI=1S/C23H15F3N2O4S/c1-11-5-6-16-13(8-11)18-12-4-3-7-27-22(12)32-23(29)21(18)28(16)10-14-19(25)15(24)9-17(20(14)26)33(2,30)31/h3-9H,10H2,1-2H3. The number of hydrogen-bond acceptors (Lipinski definition) is 5. The highest BCUT2D eigenvalue weighted by Gasteiger charge is 2.26. The highest BCUT2D eigenvalue weighted by atomic mass is 32.2. The summed E-state index contributed by atoms with van der Waals surface area (Å²) in [7, 11) is -4.18. The summed E-state index contributed by atoms with van der Waals surface area (Å²) in [5.41, 5.74) is -0.221. The Balaban J connectivity index is 1.92. The fourth-order valence-corrected chi connectivity index (χ4v) is 4.88. The summed E-state index contributed by atoms with van der Waals surface area (Å²) in [6.07, 6.45) is 2.16. The predicted molar refractivity (Wildman–Crippen MR) is 117 cm³/mol. The highest BCUT2D eigenvalue weighted by molar-refractivity contribution is 7.90. The summed E-state index contributed by atoms with van der Waals surface area (Å²) in [4.78, 5) is 16.1. The van der Waals surface area contributed by atoms with Crippen molar-refractivity contribution >= 4 is 42.7 Å². The maximum absolute atomic E-state index is 15.1. The molecular formula is C23H15F3N2O4S. The molecule has 0 atom stereocenters. The second-order valence-corrected chi connectivity index (χ2v) is 9.80. The number of halogens is 3. The van der Waals surface area contributed by atoms with Gasteiger partial charge in [-0.05, 0) is 37.3 Å². The first-order valence-corrected chi connectivity index (χ1v) is 11.6. The van der Waals surface area contributed by atoms with Crippen molar-refractivity contribution in [2.24, 2.45) is 0 Å². The van der Waals surface area contributed by atoms with Gasteiger partial charge in [0.25, 0.3) is 0 Å². The fraction of sp³-hybridized carbons (Fsp3) is 0.130. The fourth-order valence-electron chi connectivity index (χ4n) is 4.11. The van der Waals surface area contributed by atoms with Gasteiger partial charge in [0, 0.05) is 39.7 Å². The van der Waals surface area contributed by atoms with Gasteiger partial charge >= 0.3 is 5.63 Å². The molecule has 0 saturated heterocycles. The second kappa shape index (κ2) is 7.17. The van der Waals surface area contributed by atoms with E-state index in [1.807, 2.05) is 6.92 Å². The van der Waals surface area contributed by atoms with E-state index in [2.05, 4.69) is 4.98 Å². The Kier molecular flexibility index (Phi) is 4.61. The van der Waals surface area contributed by atoms with Crippen LogP contribution in [0.4, 0.5) is 13.2 Å². The third-order valence-electron chi connectivity index (χ3n) is 5.57. The molecule has 33 heavy (non-hydrogen) atoms. The molecule has 0 N–H and O–H groups in total. The third kappa shape index (κ3) is 3.20. The van der Waals surface area contributed by atoms with Gasteiger partial charge in [0.2, 0.25) is 5.71 Å². The summed E-state index contributed by atoms with van der Waals surface area (Å²) in [5, 5.41) is 1.59. The van der Waals surface area contributed by atoms with Crippen molar-refractivity contribution < 1.29 is 26.0 Å². The number of nitrogens with zero attached hydrogens (tertiary/aromatic N) is 2. The van der Waals surface area contributed by atoms with E-state index < -0.39 is 49.9 Å². The molecule has 0 radical (unpaired) electrons. The minimum Gasteiger partial charge on any atom is -0.402 e. The van der Waals surface area contributed by atoms with Crippen LogP contribution in [0.25, 0.3) is 32.9 Å². The Morgan fingerprint density at radius 1 is 1.06 bits per heavy atom. The molecule has 0 amide bonds. The number of hydrogen-bond donors (Lipinski definition) is 0. The van der Waals surface area contributed by atoms with Gasteiger partial charge in [0.15, 0.2) is 21.5 Å². The molecule has 0 bridgehead atoms. The minimum absolute atomic E-state index is 0.0000619. The van der Waals surface area contributed by atoms with Crippen molar-refractivity contribution in [3.63, 3.8) is 0 Å². The quantitative estimate of drug-likeness (QED) is 0.286. The lowest BCUT2D eigenvalue weighted by Crippen LogP contribution is -2.14. The lowest BCUT2D eigenvalue weighted by Gasteiger charge is -2.12. The van der Waals surface area contributed by atoms with Gasteiger partial charge < -0.3 is 8.98 Å². The maximum Gasteiger partial charge on any atom is 0.362 e. The summed E-state index contributed by atoms with van der Waals surface area (Å²) in [6, 6.07) is 8.89. The van der Waals surface area contributed by atoms with Crippen LogP contribution in [0.1, 0.15) is 11.1 Å². The first-order chi connectivity index (χ1) is 15.6. The average Bonchev–Trinajstić information content (AvgIpc) is 3.07. The lowest BCUT2D eigenvalue weighted by molar-refractivity contribution is 0.462. The average molecular weight is 472 g/mol. The first-order valence-electron chi connectivity index (χ1n) is 9.74. The Labute approximate surface area is 184 Å². The summed E-state index contributed by atoms with van der Waals surface area (Å²) >= 11 is 0. The summed E-state index contributed by atoms with van der Waals surface area (Å²) < 4.78 is 74.5. The molecule has 5 rings (SSSR count). The predicted octanol–water partition coefficient (Wildman–Crippen LogP) is 4.47. The molecule has 10 heteroatoms. The number of benzene rings is 2. The zero-order valence-corrected chi connectivity index (χ0v) is 18.1. The Hall–Kier alpha value is -3.66. The zero-order chi connectivity index (χ0) is 23.7. The SMILES string of the molecule is Cc1ccc2c(c1)c1c3cccnc3oc(=O)c1n2Cc1c(F)c(F)cc(S(C)(=O)=O)c1F. The first kappa shape index (κ1) is 21.2. The molecule has 0 saturated carbocycles. The van der Waals surface area contributed by atoms with E-state index >= 15 is 4.39 Å². The zero-order valence-electron chi connectivity index (χ0n) is 17.3. The molecule has 6 nitrogen and oxygen atoms in total. The van der Waals surface area contributed by atoms with E-state index in [4.69, 9.17) is 4.42 Å². The Morgan fingerprint density at radius 2 is 1.82 bits per heavy atom. The number of sulfone groups is 1. The Morgan fingerprint density at radius 3 is 2.55 bits per heavy atom.